The first-order chi connectivity index (χ1) is 12.2. The van der Waals surface area contributed by atoms with Gasteiger partial charge in [-0.2, -0.15) is 0 Å². The van der Waals surface area contributed by atoms with Crippen molar-refractivity contribution in [3.63, 3.8) is 0 Å². The molecule has 4 rings (SSSR count). The van der Waals surface area contributed by atoms with E-state index in [0.717, 1.165) is 27.8 Å². The Labute approximate surface area is 153 Å². The summed E-state index contributed by atoms with van der Waals surface area (Å²) in [5.74, 6) is 1.91. The van der Waals surface area contributed by atoms with Crippen LogP contribution in [0.5, 0.6) is 5.75 Å². The maximum absolute atomic E-state index is 6.06. The minimum Gasteiger partial charge on any atom is -0.496 e. The van der Waals surface area contributed by atoms with Gasteiger partial charge < -0.3 is 14.1 Å². The van der Waals surface area contributed by atoms with Crippen molar-refractivity contribution < 1.29 is 9.15 Å². The molecule has 0 aliphatic rings. The molecule has 5 nitrogen and oxygen atoms in total. The fraction of sp³-hybridized carbons (Fsp3) is 0.111. The number of rotatable bonds is 5. The summed E-state index contributed by atoms with van der Waals surface area (Å²) < 4.78 is 11.2. The first-order valence-electron chi connectivity index (χ1n) is 7.60. The van der Waals surface area contributed by atoms with E-state index in [1.54, 1.807) is 13.2 Å². The SMILES string of the molecule is COc1ccc(Cl)cc1CSc1nnc(-c2c[nH]c3ccccc23)o1. The molecule has 2 aromatic heterocycles. The van der Waals surface area contributed by atoms with E-state index >= 15 is 0 Å². The normalized spacial score (nSPS) is 11.1. The molecule has 0 saturated heterocycles. The molecule has 0 aliphatic heterocycles. The second-order valence-electron chi connectivity index (χ2n) is 5.37. The van der Waals surface area contributed by atoms with Crippen LogP contribution in [0, 0.1) is 0 Å². The highest BCUT2D eigenvalue weighted by atomic mass is 35.5. The quantitative estimate of drug-likeness (QED) is 0.490. The summed E-state index contributed by atoms with van der Waals surface area (Å²) in [7, 11) is 1.64. The van der Waals surface area contributed by atoms with Crippen molar-refractivity contribution in [2.45, 2.75) is 11.0 Å². The van der Waals surface area contributed by atoms with Gasteiger partial charge >= 0.3 is 0 Å². The second kappa shape index (κ2) is 6.82. The first kappa shape index (κ1) is 16.1. The van der Waals surface area contributed by atoms with E-state index in [0.29, 0.717) is 21.9 Å². The van der Waals surface area contributed by atoms with Gasteiger partial charge in [-0.1, -0.05) is 41.6 Å². The lowest BCUT2D eigenvalue weighted by molar-refractivity contribution is 0.411. The number of aromatic nitrogens is 3. The average molecular weight is 372 g/mol. The third kappa shape index (κ3) is 3.23. The zero-order valence-electron chi connectivity index (χ0n) is 13.3. The van der Waals surface area contributed by atoms with Gasteiger partial charge in [0.2, 0.25) is 0 Å². The maximum Gasteiger partial charge on any atom is 0.277 e. The molecule has 2 aromatic carbocycles. The molecule has 0 amide bonds. The van der Waals surface area contributed by atoms with Gasteiger partial charge in [-0.25, -0.2) is 0 Å². The van der Waals surface area contributed by atoms with Crippen molar-refractivity contribution in [2.24, 2.45) is 0 Å². The molecule has 0 atom stereocenters. The summed E-state index contributed by atoms with van der Waals surface area (Å²) in [5.41, 5.74) is 2.91. The number of H-pyrrole nitrogens is 1. The van der Waals surface area contributed by atoms with Crippen LogP contribution in [-0.2, 0) is 5.75 Å². The second-order valence-corrected chi connectivity index (χ2v) is 6.73. The number of hydrogen-bond donors (Lipinski definition) is 1. The number of aromatic amines is 1. The number of nitrogens with zero attached hydrogens (tertiary/aromatic N) is 2. The van der Waals surface area contributed by atoms with Gasteiger partial charge in [-0.05, 0) is 24.3 Å². The van der Waals surface area contributed by atoms with E-state index < -0.39 is 0 Å². The van der Waals surface area contributed by atoms with Crippen molar-refractivity contribution in [1.82, 2.24) is 15.2 Å². The average Bonchev–Trinajstić information content (AvgIpc) is 3.26. The molecule has 0 aliphatic carbocycles. The summed E-state index contributed by atoms with van der Waals surface area (Å²) in [6.45, 7) is 0. The van der Waals surface area contributed by atoms with Crippen LogP contribution >= 0.6 is 23.4 Å². The highest BCUT2D eigenvalue weighted by Crippen LogP contribution is 2.32. The Morgan fingerprint density at radius 2 is 2.08 bits per heavy atom. The van der Waals surface area contributed by atoms with Crippen molar-refractivity contribution >= 4 is 34.3 Å². The van der Waals surface area contributed by atoms with Crippen LogP contribution < -0.4 is 4.74 Å². The molecule has 2 heterocycles. The Kier molecular flexibility index (Phi) is 4.38. The largest absolute Gasteiger partial charge is 0.496 e. The zero-order chi connectivity index (χ0) is 17.2. The van der Waals surface area contributed by atoms with Crippen LogP contribution in [-0.4, -0.2) is 22.3 Å². The Bertz CT molecular complexity index is 1030. The maximum atomic E-state index is 6.06. The van der Waals surface area contributed by atoms with Crippen LogP contribution in [0.1, 0.15) is 5.56 Å². The lowest BCUT2D eigenvalue weighted by Crippen LogP contribution is -1.90. The van der Waals surface area contributed by atoms with Gasteiger partial charge in [0.05, 0.1) is 12.7 Å². The molecule has 0 saturated carbocycles. The van der Waals surface area contributed by atoms with Crippen LogP contribution in [0.3, 0.4) is 0 Å². The molecule has 0 fully saturated rings. The van der Waals surface area contributed by atoms with E-state index in [2.05, 4.69) is 15.2 Å². The molecule has 25 heavy (non-hydrogen) atoms. The lowest BCUT2D eigenvalue weighted by atomic mass is 10.2. The van der Waals surface area contributed by atoms with E-state index in [4.69, 9.17) is 20.8 Å². The van der Waals surface area contributed by atoms with Crippen molar-refractivity contribution in [2.75, 3.05) is 7.11 Å². The van der Waals surface area contributed by atoms with E-state index in [1.165, 1.54) is 11.8 Å². The first-order valence-corrected chi connectivity index (χ1v) is 8.96. The number of nitrogens with one attached hydrogen (secondary N) is 1. The fourth-order valence-electron chi connectivity index (χ4n) is 2.62. The minimum absolute atomic E-state index is 0.498. The summed E-state index contributed by atoms with van der Waals surface area (Å²) in [6.07, 6.45) is 1.88. The van der Waals surface area contributed by atoms with Crippen molar-refractivity contribution in [3.8, 4) is 17.2 Å². The molecule has 0 spiro atoms. The van der Waals surface area contributed by atoms with Crippen LogP contribution in [0.2, 0.25) is 5.02 Å². The number of methoxy groups -OCH3 is 1. The third-order valence-corrected chi connectivity index (χ3v) is 4.92. The Morgan fingerprint density at radius 1 is 1.20 bits per heavy atom. The lowest BCUT2D eigenvalue weighted by Gasteiger charge is -2.07. The zero-order valence-corrected chi connectivity index (χ0v) is 14.9. The molecular weight excluding hydrogens is 358 g/mol. The molecule has 0 radical (unpaired) electrons. The smallest absolute Gasteiger partial charge is 0.277 e. The molecule has 0 bridgehead atoms. The number of halogens is 1. The highest BCUT2D eigenvalue weighted by Gasteiger charge is 2.14. The highest BCUT2D eigenvalue weighted by molar-refractivity contribution is 7.98. The Morgan fingerprint density at radius 3 is 2.96 bits per heavy atom. The minimum atomic E-state index is 0.498. The molecule has 1 N–H and O–H groups in total. The summed E-state index contributed by atoms with van der Waals surface area (Å²) >= 11 is 7.51. The van der Waals surface area contributed by atoms with Crippen molar-refractivity contribution in [3.05, 3.63) is 59.2 Å². The summed E-state index contributed by atoms with van der Waals surface area (Å²) in [4.78, 5) is 3.21. The molecular formula is C18H14ClN3O2S. The third-order valence-electron chi connectivity index (χ3n) is 3.82. The van der Waals surface area contributed by atoms with Crippen LogP contribution in [0.25, 0.3) is 22.4 Å². The predicted octanol–water partition coefficient (Wildman–Crippen LogP) is 5.17. The van der Waals surface area contributed by atoms with Gasteiger partial charge in [0.25, 0.3) is 11.1 Å². The van der Waals surface area contributed by atoms with Gasteiger partial charge in [-0.3, -0.25) is 0 Å². The Balaban J connectivity index is 1.55. The molecule has 4 aromatic rings. The Hall–Kier alpha value is -2.44. The standard InChI is InChI=1S/C18H14ClN3O2S/c1-23-16-7-6-12(19)8-11(16)10-25-18-22-21-17(24-18)14-9-20-15-5-3-2-4-13(14)15/h2-9,20H,10H2,1H3. The number of thioether (sulfide) groups is 1. The topological polar surface area (TPSA) is 63.9 Å². The number of ether oxygens (including phenoxy) is 1. The van der Waals surface area contributed by atoms with Crippen LogP contribution in [0.4, 0.5) is 0 Å². The van der Waals surface area contributed by atoms with E-state index in [-0.39, 0.29) is 0 Å². The number of benzene rings is 2. The van der Waals surface area contributed by atoms with Gasteiger partial charge in [0.15, 0.2) is 0 Å². The summed E-state index contributed by atoms with van der Waals surface area (Å²) in [5, 5.41) is 10.5. The summed E-state index contributed by atoms with van der Waals surface area (Å²) in [6, 6.07) is 13.5. The van der Waals surface area contributed by atoms with Gasteiger partial charge in [-0.15, -0.1) is 10.2 Å². The monoisotopic (exact) mass is 371 g/mol. The van der Waals surface area contributed by atoms with Gasteiger partial charge in [0.1, 0.15) is 5.75 Å². The van der Waals surface area contributed by atoms with E-state index in [1.807, 2.05) is 42.6 Å². The van der Waals surface area contributed by atoms with Crippen molar-refractivity contribution in [1.29, 1.82) is 0 Å². The number of fused-ring (bicyclic) bond motifs is 1. The molecule has 0 unspecified atom stereocenters. The predicted molar refractivity (Wildman–Crippen MR) is 99.2 cm³/mol. The molecule has 7 heteroatoms. The molecule has 126 valence electrons. The van der Waals surface area contributed by atoms with E-state index in [9.17, 15) is 0 Å². The fourth-order valence-corrected chi connectivity index (χ4v) is 3.56. The van der Waals surface area contributed by atoms with Crippen LogP contribution in [0.15, 0.2) is 58.3 Å². The number of para-hydroxylation sites is 1. The van der Waals surface area contributed by atoms with Gasteiger partial charge in [0, 0.05) is 33.4 Å². The number of hydrogen-bond acceptors (Lipinski definition) is 5.